The summed E-state index contributed by atoms with van der Waals surface area (Å²) >= 11 is 5.92. The number of likely N-dealkylation sites (tertiary alicyclic amines) is 1. The molecule has 0 aromatic heterocycles. The zero-order valence-corrected chi connectivity index (χ0v) is 16.1. The van der Waals surface area contributed by atoms with Crippen LogP contribution in [0.4, 0.5) is 0 Å². The summed E-state index contributed by atoms with van der Waals surface area (Å²) in [4.78, 5) is 26.7. The number of benzene rings is 2. The van der Waals surface area contributed by atoms with Crippen molar-refractivity contribution in [2.24, 2.45) is 5.41 Å². The molecule has 0 radical (unpaired) electrons. The van der Waals surface area contributed by atoms with Crippen LogP contribution < -0.4 is 0 Å². The Labute approximate surface area is 164 Å². The van der Waals surface area contributed by atoms with Crippen LogP contribution in [0.5, 0.6) is 0 Å². The molecule has 1 fully saturated rings. The Morgan fingerprint density at radius 3 is 2.41 bits per heavy atom. The van der Waals surface area contributed by atoms with E-state index in [1.807, 2.05) is 17.0 Å². The Hall–Kier alpha value is -2.33. The third-order valence-corrected chi connectivity index (χ3v) is 6.25. The van der Waals surface area contributed by atoms with E-state index in [0.717, 1.165) is 44.3 Å². The Kier molecular flexibility index (Phi) is 4.68. The summed E-state index contributed by atoms with van der Waals surface area (Å²) in [5.41, 5.74) is 3.88. The summed E-state index contributed by atoms with van der Waals surface area (Å²) in [6, 6.07) is 13.0. The van der Waals surface area contributed by atoms with E-state index in [1.165, 1.54) is 12.7 Å². The topological polar surface area (TPSA) is 46.6 Å². The van der Waals surface area contributed by atoms with E-state index in [2.05, 4.69) is 6.07 Å². The second-order valence-electron chi connectivity index (χ2n) is 7.59. The van der Waals surface area contributed by atoms with Crippen LogP contribution in [0.25, 0.3) is 0 Å². The predicted molar refractivity (Wildman–Crippen MR) is 104 cm³/mol. The smallest absolute Gasteiger partial charge is 0.338 e. The monoisotopic (exact) mass is 383 g/mol. The van der Waals surface area contributed by atoms with Crippen LogP contribution in [0.15, 0.2) is 42.5 Å². The molecule has 27 heavy (non-hydrogen) atoms. The molecule has 140 valence electrons. The van der Waals surface area contributed by atoms with Gasteiger partial charge in [0.2, 0.25) is 0 Å². The summed E-state index contributed by atoms with van der Waals surface area (Å²) in [5, 5.41) is 0.634. The molecule has 5 heteroatoms. The Morgan fingerprint density at radius 1 is 1.04 bits per heavy atom. The van der Waals surface area contributed by atoms with Crippen LogP contribution in [-0.4, -0.2) is 37.0 Å². The van der Waals surface area contributed by atoms with Gasteiger partial charge in [-0.15, -0.1) is 0 Å². The molecular formula is C22H22ClNO3. The molecule has 0 unspecified atom stereocenters. The standard InChI is InChI=1S/C22H22ClNO3/c1-27-21(26)18-4-2-3-16-13-22(14-19(16)18)9-11-24(12-10-22)20(25)15-5-7-17(23)8-6-15/h2-8H,9-14H2,1H3. The van der Waals surface area contributed by atoms with Crippen LogP contribution >= 0.6 is 11.6 Å². The van der Waals surface area contributed by atoms with E-state index < -0.39 is 0 Å². The Morgan fingerprint density at radius 2 is 1.74 bits per heavy atom. The van der Waals surface area contributed by atoms with Crippen LogP contribution in [0.2, 0.25) is 5.02 Å². The number of piperidine rings is 1. The zero-order valence-electron chi connectivity index (χ0n) is 15.3. The Bertz CT molecular complexity index is 883. The van der Waals surface area contributed by atoms with Gasteiger partial charge in [0, 0.05) is 23.7 Å². The van der Waals surface area contributed by atoms with Crippen LogP contribution in [-0.2, 0) is 17.6 Å². The minimum absolute atomic E-state index is 0.0623. The lowest BCUT2D eigenvalue weighted by Gasteiger charge is -2.39. The van der Waals surface area contributed by atoms with Gasteiger partial charge in [0.05, 0.1) is 12.7 Å². The third-order valence-electron chi connectivity index (χ3n) is 6.00. The molecule has 2 aromatic rings. The number of hydrogen-bond donors (Lipinski definition) is 0. The van der Waals surface area contributed by atoms with Crippen LogP contribution in [0, 0.1) is 5.41 Å². The van der Waals surface area contributed by atoms with E-state index in [4.69, 9.17) is 16.3 Å². The Balaban J connectivity index is 1.47. The van der Waals surface area contributed by atoms with E-state index in [1.54, 1.807) is 24.3 Å². The lowest BCUT2D eigenvalue weighted by molar-refractivity contribution is 0.0591. The number of rotatable bonds is 2. The van der Waals surface area contributed by atoms with Gasteiger partial charge in [-0.2, -0.15) is 0 Å². The van der Waals surface area contributed by atoms with Gasteiger partial charge in [-0.1, -0.05) is 23.7 Å². The molecule has 0 bridgehead atoms. The molecule has 1 spiro atoms. The highest BCUT2D eigenvalue weighted by atomic mass is 35.5. The SMILES string of the molecule is COC(=O)c1cccc2c1CC1(CCN(C(=O)c3ccc(Cl)cc3)CC1)C2. The molecule has 1 saturated heterocycles. The van der Waals surface area contributed by atoms with Gasteiger partial charge in [0.25, 0.3) is 5.91 Å². The fourth-order valence-electron chi connectivity index (χ4n) is 4.46. The third kappa shape index (κ3) is 3.34. The number of nitrogens with zero attached hydrogens (tertiary/aromatic N) is 1. The minimum atomic E-state index is -0.265. The van der Waals surface area contributed by atoms with E-state index in [9.17, 15) is 9.59 Å². The number of carbonyl (C=O) groups is 2. The number of esters is 1. The van der Waals surface area contributed by atoms with Gasteiger partial charge in [-0.05, 0) is 72.6 Å². The maximum atomic E-state index is 12.7. The number of hydrogen-bond acceptors (Lipinski definition) is 3. The molecule has 4 nitrogen and oxygen atoms in total. The van der Waals surface area contributed by atoms with Gasteiger partial charge in [-0.3, -0.25) is 4.79 Å². The second kappa shape index (κ2) is 7.01. The largest absolute Gasteiger partial charge is 0.465 e. The first-order valence-electron chi connectivity index (χ1n) is 9.25. The van der Waals surface area contributed by atoms with Gasteiger partial charge in [-0.25, -0.2) is 4.79 Å². The molecule has 0 atom stereocenters. The van der Waals surface area contributed by atoms with Crippen molar-refractivity contribution in [3.63, 3.8) is 0 Å². The molecule has 1 aliphatic carbocycles. The summed E-state index contributed by atoms with van der Waals surface area (Å²) in [7, 11) is 1.42. The quantitative estimate of drug-likeness (QED) is 0.732. The number of carbonyl (C=O) groups excluding carboxylic acids is 2. The molecule has 0 saturated carbocycles. The lowest BCUT2D eigenvalue weighted by Crippen LogP contribution is -2.43. The van der Waals surface area contributed by atoms with Crippen molar-refractivity contribution in [2.45, 2.75) is 25.7 Å². The van der Waals surface area contributed by atoms with Crippen molar-refractivity contribution in [3.8, 4) is 0 Å². The molecule has 1 amide bonds. The maximum Gasteiger partial charge on any atom is 0.338 e. The lowest BCUT2D eigenvalue weighted by atomic mass is 9.75. The van der Waals surface area contributed by atoms with Crippen LogP contribution in [0.1, 0.15) is 44.7 Å². The predicted octanol–water partition coefficient (Wildman–Crippen LogP) is 4.15. The number of amides is 1. The fourth-order valence-corrected chi connectivity index (χ4v) is 4.59. The average molecular weight is 384 g/mol. The van der Waals surface area contributed by atoms with E-state index >= 15 is 0 Å². The number of halogens is 1. The first-order chi connectivity index (χ1) is 13.0. The maximum absolute atomic E-state index is 12.7. The highest BCUT2D eigenvalue weighted by molar-refractivity contribution is 6.30. The molecule has 0 N–H and O–H groups in total. The molecular weight excluding hydrogens is 362 g/mol. The molecule has 2 aromatic carbocycles. The summed E-state index contributed by atoms with van der Waals surface area (Å²) < 4.78 is 4.94. The minimum Gasteiger partial charge on any atom is -0.465 e. The number of fused-ring (bicyclic) bond motifs is 1. The first-order valence-corrected chi connectivity index (χ1v) is 9.63. The number of ether oxygens (including phenoxy) is 1. The molecule has 1 aliphatic heterocycles. The summed E-state index contributed by atoms with van der Waals surface area (Å²) in [6.45, 7) is 1.48. The molecule has 4 rings (SSSR count). The van der Waals surface area contributed by atoms with Crippen molar-refractivity contribution in [1.29, 1.82) is 0 Å². The van der Waals surface area contributed by atoms with Crippen molar-refractivity contribution in [3.05, 3.63) is 69.7 Å². The zero-order chi connectivity index (χ0) is 19.0. The van der Waals surface area contributed by atoms with Gasteiger partial charge < -0.3 is 9.64 Å². The van der Waals surface area contributed by atoms with Gasteiger partial charge in [0.15, 0.2) is 0 Å². The average Bonchev–Trinajstić information content (AvgIpc) is 3.05. The van der Waals surface area contributed by atoms with Crippen molar-refractivity contribution >= 4 is 23.5 Å². The normalized spacial score (nSPS) is 17.6. The summed E-state index contributed by atoms with van der Waals surface area (Å²) in [6.07, 6.45) is 3.75. The summed E-state index contributed by atoms with van der Waals surface area (Å²) in [5.74, 6) is -0.202. The fraction of sp³-hybridized carbons (Fsp3) is 0.364. The van der Waals surface area contributed by atoms with Gasteiger partial charge >= 0.3 is 5.97 Å². The van der Waals surface area contributed by atoms with E-state index in [0.29, 0.717) is 16.1 Å². The first kappa shape index (κ1) is 18.1. The van der Waals surface area contributed by atoms with Gasteiger partial charge in [0.1, 0.15) is 0 Å². The highest BCUT2D eigenvalue weighted by Gasteiger charge is 2.42. The molecule has 2 aliphatic rings. The number of methoxy groups -OCH3 is 1. The highest BCUT2D eigenvalue weighted by Crippen LogP contribution is 2.45. The van der Waals surface area contributed by atoms with E-state index in [-0.39, 0.29) is 17.3 Å². The second-order valence-corrected chi connectivity index (χ2v) is 8.02. The van der Waals surface area contributed by atoms with Crippen LogP contribution in [0.3, 0.4) is 0 Å². The van der Waals surface area contributed by atoms with Crippen molar-refractivity contribution < 1.29 is 14.3 Å². The molecule has 1 heterocycles. The van der Waals surface area contributed by atoms with Crippen molar-refractivity contribution in [1.82, 2.24) is 4.90 Å². The van der Waals surface area contributed by atoms with Crippen molar-refractivity contribution in [2.75, 3.05) is 20.2 Å².